The highest BCUT2D eigenvalue weighted by Crippen LogP contribution is 2.43. The van der Waals surface area contributed by atoms with Crippen LogP contribution in [0.4, 0.5) is 0 Å². The van der Waals surface area contributed by atoms with Crippen LogP contribution < -0.4 is 0 Å². The van der Waals surface area contributed by atoms with Gasteiger partial charge in [0.1, 0.15) is 12.0 Å². The SMILES string of the molecule is CCC1=NCC(COP(=O)(O)N=O)C(C=O)C=C1O. The Labute approximate surface area is 109 Å². The summed E-state index contributed by atoms with van der Waals surface area (Å²) in [5.41, 5.74) is 0.454. The lowest BCUT2D eigenvalue weighted by molar-refractivity contribution is -0.111. The zero-order valence-electron chi connectivity index (χ0n) is 10.3. The zero-order chi connectivity index (χ0) is 14.5. The van der Waals surface area contributed by atoms with Gasteiger partial charge in [-0.1, -0.05) is 6.92 Å². The van der Waals surface area contributed by atoms with Gasteiger partial charge in [0, 0.05) is 23.3 Å². The lowest BCUT2D eigenvalue weighted by Crippen LogP contribution is -2.21. The Balaban J connectivity index is 2.83. The van der Waals surface area contributed by atoms with Gasteiger partial charge in [-0.05, 0) is 12.5 Å². The van der Waals surface area contributed by atoms with Gasteiger partial charge in [-0.3, -0.25) is 9.52 Å². The third-order valence-corrected chi connectivity index (χ3v) is 3.45. The van der Waals surface area contributed by atoms with E-state index in [2.05, 4.69) is 9.52 Å². The summed E-state index contributed by atoms with van der Waals surface area (Å²) in [5, 5.41) is 9.70. The molecule has 3 atom stereocenters. The smallest absolute Gasteiger partial charge is 0.487 e. The first kappa shape index (κ1) is 15.7. The van der Waals surface area contributed by atoms with E-state index in [0.717, 1.165) is 0 Å². The van der Waals surface area contributed by atoms with E-state index >= 15 is 0 Å². The van der Waals surface area contributed by atoms with Gasteiger partial charge in [0.25, 0.3) is 0 Å². The minimum Gasteiger partial charge on any atom is -0.506 e. The molecule has 9 heteroatoms. The molecule has 0 fully saturated rings. The normalized spacial score (nSPS) is 26.6. The second-order valence-electron chi connectivity index (χ2n) is 4.03. The van der Waals surface area contributed by atoms with Crippen LogP contribution in [0.1, 0.15) is 13.3 Å². The average molecular weight is 290 g/mol. The minimum absolute atomic E-state index is 0.0807. The van der Waals surface area contributed by atoms with Crippen molar-refractivity contribution in [2.45, 2.75) is 13.3 Å². The highest BCUT2D eigenvalue weighted by atomic mass is 31.2. The standard InChI is InChI=1S/C10H15N2O6P/c1-2-9-10(14)3-7(5-13)8(4-11-9)6-18-19(16,17)12-15/h3,5,7-8,14H,2,4,6H2,1H3,(H,16,17). The first-order valence-electron chi connectivity index (χ1n) is 5.65. The molecule has 2 N–H and O–H groups in total. The first-order valence-corrected chi connectivity index (χ1v) is 7.18. The molecule has 1 aliphatic rings. The van der Waals surface area contributed by atoms with Gasteiger partial charge in [0.15, 0.2) is 0 Å². The molecule has 0 amide bonds. The van der Waals surface area contributed by atoms with Crippen molar-refractivity contribution in [3.63, 3.8) is 0 Å². The molecule has 19 heavy (non-hydrogen) atoms. The second-order valence-corrected chi connectivity index (χ2v) is 5.44. The Kier molecular flexibility index (Phi) is 5.53. The van der Waals surface area contributed by atoms with E-state index in [-0.39, 0.29) is 18.9 Å². The van der Waals surface area contributed by atoms with E-state index in [1.165, 1.54) is 6.08 Å². The van der Waals surface area contributed by atoms with Crippen LogP contribution in [0.25, 0.3) is 0 Å². The van der Waals surface area contributed by atoms with Crippen LogP contribution in [0.2, 0.25) is 0 Å². The maximum atomic E-state index is 11.0. The maximum Gasteiger partial charge on any atom is 0.487 e. The van der Waals surface area contributed by atoms with Gasteiger partial charge in [-0.25, -0.2) is 4.57 Å². The molecule has 0 aromatic carbocycles. The summed E-state index contributed by atoms with van der Waals surface area (Å²) in [6, 6.07) is 0. The summed E-state index contributed by atoms with van der Waals surface area (Å²) in [6.45, 7) is 1.62. The van der Waals surface area contributed by atoms with Crippen molar-refractivity contribution in [1.82, 2.24) is 0 Å². The Morgan fingerprint density at radius 2 is 2.37 bits per heavy atom. The van der Waals surface area contributed by atoms with Gasteiger partial charge in [-0.15, -0.1) is 4.91 Å². The molecule has 0 spiro atoms. The Morgan fingerprint density at radius 1 is 1.68 bits per heavy atom. The molecule has 0 aliphatic carbocycles. The van der Waals surface area contributed by atoms with Crippen molar-refractivity contribution in [1.29, 1.82) is 0 Å². The number of aliphatic hydroxyl groups is 1. The summed E-state index contributed by atoms with van der Waals surface area (Å²) in [4.78, 5) is 36.0. The quantitative estimate of drug-likeness (QED) is 0.434. The van der Waals surface area contributed by atoms with Gasteiger partial charge in [0.05, 0.1) is 12.3 Å². The molecule has 3 unspecified atom stereocenters. The molecule has 1 heterocycles. The fourth-order valence-corrected chi connectivity index (χ4v) is 2.10. The van der Waals surface area contributed by atoms with Gasteiger partial charge >= 0.3 is 7.75 Å². The number of carbonyl (C=O) groups excluding carboxylic acids is 1. The summed E-state index contributed by atoms with van der Waals surface area (Å²) in [6.07, 6.45) is 2.41. The average Bonchev–Trinajstić information content (AvgIpc) is 2.55. The van der Waals surface area contributed by atoms with Crippen molar-refractivity contribution >= 4 is 19.7 Å². The Morgan fingerprint density at radius 3 is 2.89 bits per heavy atom. The van der Waals surface area contributed by atoms with Crippen LogP contribution in [0.5, 0.6) is 0 Å². The molecule has 0 saturated carbocycles. The molecule has 1 rings (SSSR count). The molecule has 8 nitrogen and oxygen atoms in total. The predicted molar refractivity (Wildman–Crippen MR) is 67.9 cm³/mol. The number of aldehydes is 1. The van der Waals surface area contributed by atoms with Gasteiger partial charge in [0.2, 0.25) is 0 Å². The van der Waals surface area contributed by atoms with E-state index in [1.807, 2.05) is 4.95 Å². The lowest BCUT2D eigenvalue weighted by Gasteiger charge is -2.17. The highest BCUT2D eigenvalue weighted by Gasteiger charge is 2.28. The molecule has 0 aromatic heterocycles. The molecule has 0 saturated heterocycles. The summed E-state index contributed by atoms with van der Waals surface area (Å²) >= 11 is 0. The maximum absolute atomic E-state index is 11.0. The monoisotopic (exact) mass is 290 g/mol. The third-order valence-electron chi connectivity index (χ3n) is 2.76. The minimum atomic E-state index is -4.51. The molecule has 0 aromatic rings. The van der Waals surface area contributed by atoms with Gasteiger partial charge < -0.3 is 14.8 Å². The molecule has 0 bridgehead atoms. The van der Waals surface area contributed by atoms with Crippen LogP contribution in [0.3, 0.4) is 0 Å². The third kappa shape index (κ3) is 4.34. The molecular weight excluding hydrogens is 275 g/mol. The molecule has 0 radical (unpaired) electrons. The molecule has 1 aliphatic heterocycles. The van der Waals surface area contributed by atoms with Crippen molar-refractivity contribution in [2.24, 2.45) is 21.8 Å². The van der Waals surface area contributed by atoms with Crippen molar-refractivity contribution in [3.05, 3.63) is 16.7 Å². The molecule has 106 valence electrons. The predicted octanol–water partition coefficient (Wildman–Crippen LogP) is 1.61. The number of rotatable bonds is 6. The van der Waals surface area contributed by atoms with Crippen molar-refractivity contribution in [3.8, 4) is 0 Å². The van der Waals surface area contributed by atoms with E-state index in [9.17, 15) is 19.4 Å². The second kappa shape index (κ2) is 6.70. The number of nitroso groups, excluding NO2 is 1. The number of hydrogen-bond acceptors (Lipinski definition) is 6. The molecular formula is C10H15N2O6P. The number of hydrogen-bond donors (Lipinski definition) is 2. The number of aliphatic hydroxyl groups excluding tert-OH is 1. The van der Waals surface area contributed by atoms with E-state index in [1.54, 1.807) is 6.92 Å². The first-order chi connectivity index (χ1) is 8.93. The number of carbonyl (C=O) groups is 1. The number of allylic oxidation sites excluding steroid dienone is 2. The lowest BCUT2D eigenvalue weighted by atomic mass is 9.94. The van der Waals surface area contributed by atoms with Gasteiger partial charge in [-0.2, -0.15) is 0 Å². The topological polar surface area (TPSA) is 126 Å². The summed E-state index contributed by atoms with van der Waals surface area (Å²) < 4.78 is 15.5. The van der Waals surface area contributed by atoms with Crippen molar-refractivity contribution < 1.29 is 23.9 Å². The Bertz CT molecular complexity index is 461. The van der Waals surface area contributed by atoms with E-state index < -0.39 is 19.6 Å². The van der Waals surface area contributed by atoms with Crippen LogP contribution in [0, 0.1) is 16.7 Å². The van der Waals surface area contributed by atoms with E-state index in [0.29, 0.717) is 18.4 Å². The van der Waals surface area contributed by atoms with Crippen LogP contribution in [0.15, 0.2) is 21.8 Å². The summed E-state index contributed by atoms with van der Waals surface area (Å²) in [5.74, 6) is -1.33. The fraction of sp³-hybridized carbons (Fsp3) is 0.600. The Hall–Kier alpha value is -1.37. The summed E-state index contributed by atoms with van der Waals surface area (Å²) in [7, 11) is -4.51. The number of aliphatic imine (C=N–C) groups is 1. The fourth-order valence-electron chi connectivity index (χ4n) is 1.67. The number of nitrogens with zero attached hydrogens (tertiary/aromatic N) is 2. The van der Waals surface area contributed by atoms with E-state index in [4.69, 9.17) is 4.89 Å². The van der Waals surface area contributed by atoms with Crippen LogP contribution in [-0.4, -0.2) is 35.1 Å². The highest BCUT2D eigenvalue weighted by molar-refractivity contribution is 7.51. The van der Waals surface area contributed by atoms with Crippen LogP contribution in [-0.2, 0) is 13.9 Å². The van der Waals surface area contributed by atoms with Crippen LogP contribution >= 0.6 is 7.75 Å². The van der Waals surface area contributed by atoms with Crippen molar-refractivity contribution in [2.75, 3.05) is 13.2 Å². The largest absolute Gasteiger partial charge is 0.506 e. The zero-order valence-corrected chi connectivity index (χ0v) is 11.2.